The van der Waals surface area contributed by atoms with Crippen LogP contribution in [0.2, 0.25) is 0 Å². The number of nitrogens with one attached hydrogen (secondary N) is 2. The summed E-state index contributed by atoms with van der Waals surface area (Å²) >= 11 is 0. The molecule has 5 nitrogen and oxygen atoms in total. The molecule has 0 saturated heterocycles. The Morgan fingerprint density at radius 2 is 1.86 bits per heavy atom. The van der Waals surface area contributed by atoms with Gasteiger partial charge < -0.3 is 20.5 Å². The van der Waals surface area contributed by atoms with Gasteiger partial charge >= 0.3 is 0 Å². The lowest BCUT2D eigenvalue weighted by Crippen LogP contribution is -2.10. The average Bonchev–Trinajstić information content (AvgIpc) is 2.52. The lowest BCUT2D eigenvalue weighted by atomic mass is 10.1. The molecule has 0 aliphatic carbocycles. The maximum atomic E-state index is 11.2. The van der Waals surface area contributed by atoms with Gasteiger partial charge in [-0.1, -0.05) is 18.2 Å². The van der Waals surface area contributed by atoms with Gasteiger partial charge in [-0.2, -0.15) is 0 Å². The van der Waals surface area contributed by atoms with E-state index in [9.17, 15) is 4.79 Å². The maximum absolute atomic E-state index is 11.2. The Morgan fingerprint density at radius 3 is 2.55 bits per heavy atom. The highest BCUT2D eigenvalue weighted by molar-refractivity contribution is 5.89. The molecule has 0 unspecified atom stereocenters. The van der Waals surface area contributed by atoms with Crippen molar-refractivity contribution >= 4 is 17.3 Å². The van der Waals surface area contributed by atoms with E-state index in [-0.39, 0.29) is 19.1 Å². The van der Waals surface area contributed by atoms with Crippen molar-refractivity contribution in [2.75, 3.05) is 23.8 Å². The van der Waals surface area contributed by atoms with Gasteiger partial charge in [0.15, 0.2) is 0 Å². The number of amides is 1. The van der Waals surface area contributed by atoms with Crippen molar-refractivity contribution in [2.24, 2.45) is 0 Å². The number of rotatable bonds is 7. The Kier molecular flexibility index (Phi) is 5.80. The minimum Gasteiger partial charge on any atom is -0.491 e. The Labute approximate surface area is 129 Å². The number of ether oxygens (including phenoxy) is 1. The van der Waals surface area contributed by atoms with Gasteiger partial charge in [0, 0.05) is 24.8 Å². The highest BCUT2D eigenvalue weighted by Gasteiger charge is 2.03. The largest absolute Gasteiger partial charge is 0.491 e. The van der Waals surface area contributed by atoms with Gasteiger partial charge in [0.1, 0.15) is 12.4 Å². The zero-order valence-corrected chi connectivity index (χ0v) is 12.5. The highest BCUT2D eigenvalue weighted by atomic mass is 16.5. The Morgan fingerprint density at radius 1 is 1.14 bits per heavy atom. The first kappa shape index (κ1) is 15.9. The van der Waals surface area contributed by atoms with Crippen molar-refractivity contribution in [2.45, 2.75) is 13.5 Å². The fourth-order valence-corrected chi connectivity index (χ4v) is 2.02. The molecule has 2 aromatic rings. The number of para-hydroxylation sites is 1. The molecule has 0 aromatic heterocycles. The predicted molar refractivity (Wildman–Crippen MR) is 87.1 cm³/mol. The van der Waals surface area contributed by atoms with Crippen molar-refractivity contribution in [1.82, 2.24) is 0 Å². The van der Waals surface area contributed by atoms with Crippen LogP contribution in [0.5, 0.6) is 5.75 Å². The number of hydrogen-bond donors (Lipinski definition) is 3. The molecule has 0 heterocycles. The summed E-state index contributed by atoms with van der Waals surface area (Å²) in [4.78, 5) is 11.2. The molecule has 0 saturated carbocycles. The quantitative estimate of drug-likeness (QED) is 0.735. The van der Waals surface area contributed by atoms with Gasteiger partial charge in [-0.05, 0) is 35.9 Å². The number of hydrogen-bond acceptors (Lipinski definition) is 4. The third-order valence-electron chi connectivity index (χ3n) is 3.03. The van der Waals surface area contributed by atoms with Gasteiger partial charge in [0.05, 0.1) is 6.61 Å². The van der Waals surface area contributed by atoms with Crippen LogP contribution in [-0.4, -0.2) is 24.2 Å². The van der Waals surface area contributed by atoms with Crippen LogP contribution >= 0.6 is 0 Å². The molecule has 5 heteroatoms. The van der Waals surface area contributed by atoms with Crippen LogP contribution in [0.4, 0.5) is 11.4 Å². The fourth-order valence-electron chi connectivity index (χ4n) is 2.02. The summed E-state index contributed by atoms with van der Waals surface area (Å²) in [6.07, 6.45) is 0. The Hall–Kier alpha value is -2.53. The second-order valence-corrected chi connectivity index (χ2v) is 4.79. The monoisotopic (exact) mass is 300 g/mol. The van der Waals surface area contributed by atoms with E-state index in [4.69, 9.17) is 9.84 Å². The second kappa shape index (κ2) is 8.05. The van der Waals surface area contributed by atoms with Crippen LogP contribution in [-0.2, 0) is 11.3 Å². The summed E-state index contributed by atoms with van der Waals surface area (Å²) in [5.41, 5.74) is 2.78. The standard InChI is InChI=1S/C17H20N2O3/c1-13(21)19-17-5-3-2-4-14(17)12-18-15-6-8-16(9-7-15)22-11-10-20/h2-9,18,20H,10-12H2,1H3,(H,19,21). The molecule has 0 aliphatic heterocycles. The van der Waals surface area contributed by atoms with Gasteiger partial charge in [-0.15, -0.1) is 0 Å². The molecule has 2 rings (SSSR count). The molecule has 22 heavy (non-hydrogen) atoms. The van der Waals surface area contributed by atoms with Crippen LogP contribution < -0.4 is 15.4 Å². The third kappa shape index (κ3) is 4.79. The number of aliphatic hydroxyl groups is 1. The summed E-state index contributed by atoms with van der Waals surface area (Å²) in [7, 11) is 0. The van der Waals surface area contributed by atoms with E-state index in [1.165, 1.54) is 6.92 Å². The summed E-state index contributed by atoms with van der Waals surface area (Å²) < 4.78 is 5.31. The molecular formula is C17H20N2O3. The third-order valence-corrected chi connectivity index (χ3v) is 3.03. The topological polar surface area (TPSA) is 70.6 Å². The fraction of sp³-hybridized carbons (Fsp3) is 0.235. The normalized spacial score (nSPS) is 10.1. The molecule has 1 amide bonds. The van der Waals surface area contributed by atoms with E-state index >= 15 is 0 Å². The maximum Gasteiger partial charge on any atom is 0.221 e. The smallest absolute Gasteiger partial charge is 0.221 e. The van der Waals surface area contributed by atoms with Crippen molar-refractivity contribution in [3.63, 3.8) is 0 Å². The van der Waals surface area contributed by atoms with Crippen molar-refractivity contribution < 1.29 is 14.6 Å². The van der Waals surface area contributed by atoms with Gasteiger partial charge in [0.25, 0.3) is 0 Å². The number of aliphatic hydroxyl groups excluding tert-OH is 1. The first-order valence-corrected chi connectivity index (χ1v) is 7.12. The SMILES string of the molecule is CC(=O)Nc1ccccc1CNc1ccc(OCCO)cc1. The summed E-state index contributed by atoms with van der Waals surface area (Å²) in [6, 6.07) is 15.2. The molecule has 0 spiro atoms. The summed E-state index contributed by atoms with van der Waals surface area (Å²) in [5, 5.41) is 14.8. The molecule has 116 valence electrons. The lowest BCUT2D eigenvalue weighted by molar-refractivity contribution is -0.114. The number of carbonyl (C=O) groups is 1. The first-order chi connectivity index (χ1) is 10.7. The van der Waals surface area contributed by atoms with Crippen LogP contribution in [0.15, 0.2) is 48.5 Å². The zero-order valence-electron chi connectivity index (χ0n) is 12.5. The number of carbonyl (C=O) groups excluding carboxylic acids is 1. The van der Waals surface area contributed by atoms with Crippen LogP contribution in [0.25, 0.3) is 0 Å². The molecule has 0 aliphatic rings. The Balaban J connectivity index is 1.96. The van der Waals surface area contributed by atoms with Crippen LogP contribution in [0, 0.1) is 0 Å². The van der Waals surface area contributed by atoms with E-state index in [2.05, 4.69) is 10.6 Å². The molecular weight excluding hydrogens is 280 g/mol. The predicted octanol–water partition coefficient (Wildman–Crippen LogP) is 2.63. The summed E-state index contributed by atoms with van der Waals surface area (Å²) in [6.45, 7) is 2.39. The van der Waals surface area contributed by atoms with E-state index in [0.29, 0.717) is 6.54 Å². The minimum absolute atomic E-state index is 0.0000652. The Bertz CT molecular complexity index is 612. The summed E-state index contributed by atoms with van der Waals surface area (Å²) in [5.74, 6) is 0.635. The minimum atomic E-state index is -0.0853. The highest BCUT2D eigenvalue weighted by Crippen LogP contribution is 2.19. The molecule has 0 radical (unpaired) electrons. The molecule has 3 N–H and O–H groups in total. The number of benzene rings is 2. The average molecular weight is 300 g/mol. The van der Waals surface area contributed by atoms with E-state index in [0.717, 1.165) is 22.7 Å². The number of anilines is 2. The lowest BCUT2D eigenvalue weighted by Gasteiger charge is -2.12. The van der Waals surface area contributed by atoms with Crippen LogP contribution in [0.1, 0.15) is 12.5 Å². The van der Waals surface area contributed by atoms with Gasteiger partial charge in [-0.25, -0.2) is 0 Å². The van der Waals surface area contributed by atoms with Gasteiger partial charge in [0.2, 0.25) is 5.91 Å². The van der Waals surface area contributed by atoms with Crippen molar-refractivity contribution in [3.8, 4) is 5.75 Å². The van der Waals surface area contributed by atoms with Gasteiger partial charge in [-0.3, -0.25) is 4.79 Å². The van der Waals surface area contributed by atoms with E-state index < -0.39 is 0 Å². The second-order valence-electron chi connectivity index (χ2n) is 4.79. The van der Waals surface area contributed by atoms with Crippen molar-refractivity contribution in [1.29, 1.82) is 0 Å². The molecule has 0 atom stereocenters. The molecule has 0 fully saturated rings. The molecule has 2 aromatic carbocycles. The molecule has 0 bridgehead atoms. The zero-order chi connectivity index (χ0) is 15.8. The first-order valence-electron chi connectivity index (χ1n) is 7.12. The van der Waals surface area contributed by atoms with Crippen molar-refractivity contribution in [3.05, 3.63) is 54.1 Å². The van der Waals surface area contributed by atoms with Crippen LogP contribution in [0.3, 0.4) is 0 Å². The van der Waals surface area contributed by atoms with E-state index in [1.807, 2.05) is 48.5 Å². The van der Waals surface area contributed by atoms with E-state index in [1.54, 1.807) is 0 Å².